The first-order valence-electron chi connectivity index (χ1n) is 8.59. The van der Waals surface area contributed by atoms with E-state index in [0.29, 0.717) is 30.4 Å². The Kier molecular flexibility index (Phi) is 5.51. The first kappa shape index (κ1) is 18.0. The normalized spacial score (nSPS) is 21.5. The van der Waals surface area contributed by atoms with Gasteiger partial charge in [-0.15, -0.1) is 11.3 Å². The molecule has 1 unspecified atom stereocenters. The number of likely N-dealkylation sites (tertiary alicyclic amines) is 1. The minimum absolute atomic E-state index is 0.0569. The molecule has 0 spiro atoms. The topological polar surface area (TPSA) is 68.5 Å². The number of nitrogens with two attached hydrogens (primary N) is 1. The summed E-state index contributed by atoms with van der Waals surface area (Å²) in [4.78, 5) is 20.2. The van der Waals surface area contributed by atoms with Crippen molar-refractivity contribution in [3.63, 3.8) is 0 Å². The van der Waals surface area contributed by atoms with Gasteiger partial charge in [-0.2, -0.15) is 0 Å². The van der Waals surface area contributed by atoms with Gasteiger partial charge in [0.15, 0.2) is 0 Å². The number of rotatable bonds is 5. The monoisotopic (exact) mass is 359 g/mol. The number of carbonyl (C=O) groups is 1. The van der Waals surface area contributed by atoms with E-state index in [2.05, 4.69) is 17.1 Å². The zero-order valence-electron chi connectivity index (χ0n) is 14.9. The van der Waals surface area contributed by atoms with Gasteiger partial charge in [0.25, 0.3) is 5.91 Å². The van der Waals surface area contributed by atoms with Crippen molar-refractivity contribution in [1.82, 2.24) is 9.88 Å². The molecule has 134 valence electrons. The summed E-state index contributed by atoms with van der Waals surface area (Å²) in [5, 5.41) is 0.845. The van der Waals surface area contributed by atoms with Crippen LogP contribution in [0.25, 0.3) is 0 Å². The maximum Gasteiger partial charge on any atom is 0.265 e. The molecule has 2 aromatic rings. The van der Waals surface area contributed by atoms with Gasteiger partial charge in [-0.05, 0) is 31.9 Å². The molecule has 0 saturated carbocycles. The summed E-state index contributed by atoms with van der Waals surface area (Å²) in [5.74, 6) is 0.638. The second-order valence-corrected chi connectivity index (χ2v) is 7.60. The van der Waals surface area contributed by atoms with Crippen molar-refractivity contribution in [2.45, 2.75) is 25.9 Å². The number of benzene rings is 1. The SMILES string of the molecule is COC(C)c1nc(C)c(C(=O)N2C[C@@H](CN)[C@H](c3ccccc3)C2)s1. The lowest BCUT2D eigenvalue weighted by Gasteiger charge is -2.16. The molecule has 2 N–H and O–H groups in total. The molecule has 1 fully saturated rings. The number of aryl methyl sites for hydroxylation is 1. The molecule has 5 nitrogen and oxygen atoms in total. The number of aromatic nitrogens is 1. The minimum atomic E-state index is -0.0994. The van der Waals surface area contributed by atoms with E-state index in [0.717, 1.165) is 10.7 Å². The van der Waals surface area contributed by atoms with Crippen molar-refractivity contribution < 1.29 is 9.53 Å². The van der Waals surface area contributed by atoms with Crippen molar-refractivity contribution in [2.24, 2.45) is 11.7 Å². The predicted octanol–water partition coefficient (Wildman–Crippen LogP) is 2.97. The van der Waals surface area contributed by atoms with Crippen LogP contribution in [-0.4, -0.2) is 42.5 Å². The Morgan fingerprint density at radius 1 is 1.40 bits per heavy atom. The number of carbonyl (C=O) groups excluding carboxylic acids is 1. The highest BCUT2D eigenvalue weighted by Crippen LogP contribution is 2.34. The van der Waals surface area contributed by atoms with Gasteiger partial charge >= 0.3 is 0 Å². The van der Waals surface area contributed by atoms with Gasteiger partial charge in [-0.3, -0.25) is 4.79 Å². The maximum absolute atomic E-state index is 13.0. The van der Waals surface area contributed by atoms with Crippen LogP contribution in [0.1, 0.15) is 44.9 Å². The van der Waals surface area contributed by atoms with Crippen molar-refractivity contribution in [3.05, 3.63) is 51.5 Å². The minimum Gasteiger partial charge on any atom is -0.375 e. The van der Waals surface area contributed by atoms with Crippen LogP contribution in [-0.2, 0) is 4.74 Å². The van der Waals surface area contributed by atoms with Crippen LogP contribution < -0.4 is 5.73 Å². The molecule has 25 heavy (non-hydrogen) atoms. The van der Waals surface area contributed by atoms with Crippen molar-refractivity contribution >= 4 is 17.2 Å². The second kappa shape index (κ2) is 7.64. The molecule has 1 amide bonds. The Bertz CT molecular complexity index is 732. The third-order valence-electron chi connectivity index (χ3n) is 4.97. The van der Waals surface area contributed by atoms with Crippen molar-refractivity contribution in [1.29, 1.82) is 0 Å². The number of methoxy groups -OCH3 is 1. The molecule has 6 heteroatoms. The average molecular weight is 359 g/mol. The Balaban J connectivity index is 1.81. The van der Waals surface area contributed by atoms with Gasteiger partial charge < -0.3 is 15.4 Å². The molecule has 1 aromatic heterocycles. The van der Waals surface area contributed by atoms with Gasteiger partial charge in [0.1, 0.15) is 16.0 Å². The molecule has 1 aliphatic rings. The van der Waals surface area contributed by atoms with Crippen LogP contribution in [0.15, 0.2) is 30.3 Å². The fourth-order valence-electron chi connectivity index (χ4n) is 3.39. The van der Waals surface area contributed by atoms with Crippen LogP contribution in [0.5, 0.6) is 0 Å². The molecular weight excluding hydrogens is 334 g/mol. The molecule has 1 aliphatic heterocycles. The van der Waals surface area contributed by atoms with Crippen LogP contribution in [0.4, 0.5) is 0 Å². The lowest BCUT2D eigenvalue weighted by molar-refractivity contribution is 0.0790. The van der Waals surface area contributed by atoms with E-state index in [9.17, 15) is 4.79 Å². The van der Waals surface area contributed by atoms with Crippen LogP contribution in [0.3, 0.4) is 0 Å². The molecule has 1 aromatic carbocycles. The third-order valence-corrected chi connectivity index (χ3v) is 6.27. The van der Waals surface area contributed by atoms with Gasteiger partial charge in [0.05, 0.1) is 5.69 Å². The van der Waals surface area contributed by atoms with Gasteiger partial charge in [0, 0.05) is 26.1 Å². The van der Waals surface area contributed by atoms with Crippen molar-refractivity contribution in [3.8, 4) is 0 Å². The highest BCUT2D eigenvalue weighted by atomic mass is 32.1. The lowest BCUT2D eigenvalue weighted by atomic mass is 9.89. The second-order valence-electron chi connectivity index (χ2n) is 6.57. The number of hydrogen-bond donors (Lipinski definition) is 1. The number of hydrogen-bond acceptors (Lipinski definition) is 5. The standard InChI is InChI=1S/C19H25N3O2S/c1-12-17(25-18(21-12)13(2)24-3)19(23)22-10-15(9-20)16(11-22)14-7-5-4-6-8-14/h4-8,13,15-16H,9-11,20H2,1-3H3/t13?,15-,16+/m1/s1. The molecule has 0 bridgehead atoms. The zero-order chi connectivity index (χ0) is 18.0. The number of amides is 1. The van der Waals surface area contributed by atoms with Crippen LogP contribution >= 0.6 is 11.3 Å². The highest BCUT2D eigenvalue weighted by molar-refractivity contribution is 7.13. The molecule has 1 saturated heterocycles. The molecular formula is C19H25N3O2S. The fraction of sp³-hybridized carbons (Fsp3) is 0.474. The van der Waals surface area contributed by atoms with Crippen LogP contribution in [0, 0.1) is 12.8 Å². The molecule has 0 radical (unpaired) electrons. The van der Waals surface area contributed by atoms with Gasteiger partial charge in [0.2, 0.25) is 0 Å². The number of thiazole rings is 1. The van der Waals surface area contributed by atoms with E-state index < -0.39 is 0 Å². The fourth-order valence-corrected chi connectivity index (χ4v) is 4.45. The van der Waals surface area contributed by atoms with E-state index in [4.69, 9.17) is 10.5 Å². The summed E-state index contributed by atoms with van der Waals surface area (Å²) in [6.07, 6.45) is -0.0994. The van der Waals surface area contributed by atoms with E-state index in [1.165, 1.54) is 16.9 Å². The molecule has 3 atom stereocenters. The van der Waals surface area contributed by atoms with E-state index >= 15 is 0 Å². The van der Waals surface area contributed by atoms with E-state index in [1.807, 2.05) is 36.9 Å². The zero-order valence-corrected chi connectivity index (χ0v) is 15.8. The van der Waals surface area contributed by atoms with Crippen LogP contribution in [0.2, 0.25) is 0 Å². The van der Waals surface area contributed by atoms with E-state index in [-0.39, 0.29) is 17.9 Å². The number of ether oxygens (including phenoxy) is 1. The summed E-state index contributed by atoms with van der Waals surface area (Å²) in [6.45, 7) is 5.81. The number of nitrogens with zero attached hydrogens (tertiary/aromatic N) is 2. The molecule has 2 heterocycles. The Labute approximate surface area is 152 Å². The molecule has 3 rings (SSSR count). The summed E-state index contributed by atoms with van der Waals surface area (Å²) in [5.41, 5.74) is 8.02. The molecule has 0 aliphatic carbocycles. The van der Waals surface area contributed by atoms with Gasteiger partial charge in [-0.25, -0.2) is 4.98 Å². The summed E-state index contributed by atoms with van der Waals surface area (Å²) < 4.78 is 5.33. The predicted molar refractivity (Wildman–Crippen MR) is 99.9 cm³/mol. The average Bonchev–Trinajstić information content (AvgIpc) is 3.25. The lowest BCUT2D eigenvalue weighted by Crippen LogP contribution is -2.29. The summed E-state index contributed by atoms with van der Waals surface area (Å²) >= 11 is 1.43. The smallest absolute Gasteiger partial charge is 0.265 e. The summed E-state index contributed by atoms with van der Waals surface area (Å²) in [6, 6.07) is 10.3. The first-order chi connectivity index (χ1) is 12.0. The Hall–Kier alpha value is -1.76. The maximum atomic E-state index is 13.0. The Morgan fingerprint density at radius 2 is 2.12 bits per heavy atom. The Morgan fingerprint density at radius 3 is 2.76 bits per heavy atom. The highest BCUT2D eigenvalue weighted by Gasteiger charge is 2.36. The third kappa shape index (κ3) is 3.61. The largest absolute Gasteiger partial charge is 0.375 e. The summed E-state index contributed by atoms with van der Waals surface area (Å²) in [7, 11) is 1.65. The first-order valence-corrected chi connectivity index (χ1v) is 9.41. The quantitative estimate of drug-likeness (QED) is 0.891. The van der Waals surface area contributed by atoms with Crippen molar-refractivity contribution in [2.75, 3.05) is 26.7 Å². The van der Waals surface area contributed by atoms with Gasteiger partial charge in [-0.1, -0.05) is 30.3 Å². The van der Waals surface area contributed by atoms with E-state index in [1.54, 1.807) is 7.11 Å².